The highest BCUT2D eigenvalue weighted by Gasteiger charge is 2.35. The van der Waals surface area contributed by atoms with E-state index in [9.17, 15) is 14.4 Å². The number of pyridine rings is 1. The lowest BCUT2D eigenvalue weighted by Crippen LogP contribution is -2.47. The number of anilines is 2. The van der Waals surface area contributed by atoms with Crippen LogP contribution >= 0.6 is 15.9 Å². The number of nitrogens with one attached hydrogen (secondary N) is 2. The quantitative estimate of drug-likeness (QED) is 0.337. The van der Waals surface area contributed by atoms with Crippen LogP contribution in [0.3, 0.4) is 0 Å². The molecule has 0 radical (unpaired) electrons. The number of piperidine rings is 1. The first-order valence-corrected chi connectivity index (χ1v) is 14.9. The summed E-state index contributed by atoms with van der Waals surface area (Å²) in [6.45, 7) is 2.74. The number of benzene rings is 1. The van der Waals surface area contributed by atoms with Crippen molar-refractivity contribution in [1.29, 1.82) is 0 Å². The molecule has 6 rings (SSSR count). The number of carbonyl (C=O) groups excluding carboxylic acids is 2. The smallest absolute Gasteiger partial charge is 0.291 e. The summed E-state index contributed by atoms with van der Waals surface area (Å²) in [6.07, 6.45) is 8.89. The SMILES string of the molecule is O=C(NCCC1=CCCCC1)c1ccc(N2CC3CC(C2)c2cccc(=O)n2C3)c(NC(=O)c2ccc(Br)o2)c1. The molecule has 2 amide bonds. The van der Waals surface area contributed by atoms with Gasteiger partial charge >= 0.3 is 0 Å². The zero-order valence-electron chi connectivity index (χ0n) is 22.3. The van der Waals surface area contributed by atoms with Gasteiger partial charge in [0.25, 0.3) is 17.4 Å². The van der Waals surface area contributed by atoms with Gasteiger partial charge in [-0.3, -0.25) is 14.4 Å². The first kappa shape index (κ1) is 26.6. The molecule has 4 heterocycles. The number of hydrogen-bond acceptors (Lipinski definition) is 5. The van der Waals surface area contributed by atoms with Gasteiger partial charge in [0.1, 0.15) is 0 Å². The van der Waals surface area contributed by atoms with Crippen molar-refractivity contribution in [3.8, 4) is 0 Å². The molecule has 0 spiro atoms. The lowest BCUT2D eigenvalue weighted by atomic mass is 9.83. The Morgan fingerprint density at radius 2 is 1.93 bits per heavy atom. The number of rotatable bonds is 7. The molecule has 8 nitrogen and oxygen atoms in total. The summed E-state index contributed by atoms with van der Waals surface area (Å²) in [6, 6.07) is 14.3. The van der Waals surface area contributed by atoms with Crippen molar-refractivity contribution in [3.63, 3.8) is 0 Å². The molecule has 0 saturated carbocycles. The number of nitrogens with zero attached hydrogens (tertiary/aromatic N) is 2. The summed E-state index contributed by atoms with van der Waals surface area (Å²) in [5, 5.41) is 6.04. The van der Waals surface area contributed by atoms with Crippen LogP contribution < -0.4 is 21.1 Å². The van der Waals surface area contributed by atoms with Crippen LogP contribution in [0.4, 0.5) is 11.4 Å². The molecule has 2 unspecified atom stereocenters. The van der Waals surface area contributed by atoms with Crippen molar-refractivity contribution in [2.24, 2.45) is 5.92 Å². The largest absolute Gasteiger partial charge is 0.444 e. The maximum absolute atomic E-state index is 13.1. The predicted molar refractivity (Wildman–Crippen MR) is 158 cm³/mol. The number of carbonyl (C=O) groups is 2. The predicted octanol–water partition coefficient (Wildman–Crippen LogP) is 5.70. The second kappa shape index (κ2) is 11.5. The molecule has 1 aromatic carbocycles. The normalized spacial score (nSPS) is 19.9. The number of hydrogen-bond donors (Lipinski definition) is 2. The van der Waals surface area contributed by atoms with Gasteiger partial charge in [-0.2, -0.15) is 0 Å². The number of fused-ring (bicyclic) bond motifs is 4. The van der Waals surface area contributed by atoms with E-state index >= 15 is 0 Å². The average Bonchev–Trinajstić information content (AvgIpc) is 3.40. The number of amides is 2. The van der Waals surface area contributed by atoms with Gasteiger partial charge in [-0.05, 0) is 96.8 Å². The van der Waals surface area contributed by atoms with Crippen LogP contribution in [0.5, 0.6) is 0 Å². The third kappa shape index (κ3) is 5.66. The van der Waals surface area contributed by atoms with Crippen LogP contribution in [-0.4, -0.2) is 36.0 Å². The zero-order chi connectivity index (χ0) is 27.6. The van der Waals surface area contributed by atoms with E-state index in [1.165, 1.54) is 18.4 Å². The molecule has 1 fully saturated rings. The Morgan fingerprint density at radius 3 is 2.73 bits per heavy atom. The molecule has 40 heavy (non-hydrogen) atoms. The van der Waals surface area contributed by atoms with Crippen LogP contribution in [-0.2, 0) is 6.54 Å². The lowest BCUT2D eigenvalue weighted by Gasteiger charge is -2.44. The molecular weight excluding hydrogens is 572 g/mol. The fourth-order valence-corrected chi connectivity index (χ4v) is 6.64. The Hall–Kier alpha value is -3.59. The Labute approximate surface area is 241 Å². The van der Waals surface area contributed by atoms with E-state index in [2.05, 4.69) is 37.5 Å². The minimum absolute atomic E-state index is 0.0494. The Bertz CT molecular complexity index is 1520. The van der Waals surface area contributed by atoms with Gasteiger partial charge < -0.3 is 24.5 Å². The first-order valence-electron chi connectivity index (χ1n) is 14.1. The van der Waals surface area contributed by atoms with Crippen molar-refractivity contribution in [3.05, 3.63) is 92.2 Å². The van der Waals surface area contributed by atoms with E-state index in [1.807, 2.05) is 28.8 Å². The monoisotopic (exact) mass is 604 g/mol. The summed E-state index contributed by atoms with van der Waals surface area (Å²) in [5.41, 5.74) is 4.43. The van der Waals surface area contributed by atoms with Crippen molar-refractivity contribution in [1.82, 2.24) is 9.88 Å². The molecule has 2 N–H and O–H groups in total. The van der Waals surface area contributed by atoms with E-state index in [4.69, 9.17) is 4.42 Å². The fraction of sp³-hybridized carbons (Fsp3) is 0.387. The number of furan rings is 1. The highest BCUT2D eigenvalue weighted by molar-refractivity contribution is 9.10. The minimum Gasteiger partial charge on any atom is -0.444 e. The molecular formula is C31H33BrN4O4. The molecule has 208 valence electrons. The summed E-state index contributed by atoms with van der Waals surface area (Å²) in [5.74, 6) is 0.152. The average molecular weight is 606 g/mol. The van der Waals surface area contributed by atoms with Crippen molar-refractivity contribution >= 4 is 39.1 Å². The van der Waals surface area contributed by atoms with Gasteiger partial charge in [-0.15, -0.1) is 0 Å². The van der Waals surface area contributed by atoms with Gasteiger partial charge in [-0.1, -0.05) is 17.7 Å². The summed E-state index contributed by atoms with van der Waals surface area (Å²) in [7, 11) is 0. The van der Waals surface area contributed by atoms with Crippen LogP contribution in [0.15, 0.2) is 74.1 Å². The van der Waals surface area contributed by atoms with E-state index in [-0.39, 0.29) is 29.1 Å². The molecule has 1 aliphatic carbocycles. The minimum atomic E-state index is -0.386. The van der Waals surface area contributed by atoms with Crippen LogP contribution in [0.2, 0.25) is 0 Å². The van der Waals surface area contributed by atoms with Crippen molar-refractivity contribution in [2.75, 3.05) is 29.9 Å². The zero-order valence-corrected chi connectivity index (χ0v) is 23.9. The molecule has 2 aliphatic heterocycles. The van der Waals surface area contributed by atoms with Gasteiger partial charge in [0.2, 0.25) is 0 Å². The molecule has 2 bridgehead atoms. The molecule has 3 aliphatic rings. The van der Waals surface area contributed by atoms with Gasteiger partial charge in [0.05, 0.1) is 11.4 Å². The molecule has 1 saturated heterocycles. The number of aromatic nitrogens is 1. The summed E-state index contributed by atoms with van der Waals surface area (Å²) >= 11 is 3.26. The highest BCUT2D eigenvalue weighted by atomic mass is 79.9. The Morgan fingerprint density at radius 1 is 1.02 bits per heavy atom. The highest BCUT2D eigenvalue weighted by Crippen LogP contribution is 2.39. The van der Waals surface area contributed by atoms with E-state index < -0.39 is 0 Å². The maximum atomic E-state index is 13.1. The van der Waals surface area contributed by atoms with Crippen LogP contribution in [0, 0.1) is 5.92 Å². The first-order chi connectivity index (χ1) is 19.4. The van der Waals surface area contributed by atoms with Crippen molar-refractivity contribution in [2.45, 2.75) is 51.0 Å². The molecule has 2 aromatic heterocycles. The van der Waals surface area contributed by atoms with Crippen molar-refractivity contribution < 1.29 is 14.0 Å². The van der Waals surface area contributed by atoms with Crippen LogP contribution in [0.25, 0.3) is 0 Å². The van der Waals surface area contributed by atoms with Crippen LogP contribution in [0.1, 0.15) is 71.0 Å². The lowest BCUT2D eigenvalue weighted by molar-refractivity contribution is 0.0951. The number of halogens is 1. The Balaban J connectivity index is 1.25. The fourth-order valence-electron chi connectivity index (χ4n) is 6.34. The standard InChI is InChI=1S/C31H33BrN4O4/c32-28-12-11-27(40-28)31(39)34-24-16-22(30(38)33-14-13-20-5-2-1-3-6-20)9-10-26(24)35-17-21-15-23(19-35)25-7-4-8-29(37)36(25)18-21/h4-5,7-12,16,21,23H,1-3,6,13-15,17-19H2,(H,33,38)(H,34,39). The number of allylic oxidation sites excluding steroid dienone is 1. The second-order valence-corrected chi connectivity index (χ2v) is 11.8. The second-order valence-electron chi connectivity index (χ2n) is 11.0. The Kier molecular flexibility index (Phi) is 7.65. The maximum Gasteiger partial charge on any atom is 0.291 e. The van der Waals surface area contributed by atoms with Gasteiger partial charge in [0.15, 0.2) is 10.4 Å². The summed E-state index contributed by atoms with van der Waals surface area (Å²) < 4.78 is 7.85. The third-order valence-corrected chi connectivity index (χ3v) is 8.67. The van der Waals surface area contributed by atoms with E-state index in [0.29, 0.717) is 34.9 Å². The molecule has 9 heteroatoms. The molecule has 3 aromatic rings. The van der Waals surface area contributed by atoms with E-state index in [1.54, 1.807) is 24.3 Å². The summed E-state index contributed by atoms with van der Waals surface area (Å²) in [4.78, 5) is 40.9. The molecule has 2 atom stereocenters. The third-order valence-electron chi connectivity index (χ3n) is 8.24. The topological polar surface area (TPSA) is 96.6 Å². The van der Waals surface area contributed by atoms with Gasteiger partial charge in [0, 0.05) is 49.4 Å². The van der Waals surface area contributed by atoms with Gasteiger partial charge in [-0.25, -0.2) is 0 Å². The van der Waals surface area contributed by atoms with E-state index in [0.717, 1.165) is 50.2 Å².